The third-order valence-electron chi connectivity index (χ3n) is 5.86. The van der Waals surface area contributed by atoms with Crippen molar-refractivity contribution >= 4 is 44.5 Å². The van der Waals surface area contributed by atoms with Gasteiger partial charge < -0.3 is 15.0 Å². The molecular weight excluding hydrogens is 412 g/mol. The number of fused-ring (bicyclic) bond motifs is 4. The van der Waals surface area contributed by atoms with E-state index in [1.807, 2.05) is 36.0 Å². The van der Waals surface area contributed by atoms with Crippen LogP contribution in [-0.2, 0) is 22.4 Å². The summed E-state index contributed by atoms with van der Waals surface area (Å²) in [6.45, 7) is 1.17. The minimum Gasteiger partial charge on any atom is -0.383 e. The number of carbonyl (C=O) groups excluding carboxylic acids is 1. The molecule has 31 heavy (non-hydrogen) atoms. The van der Waals surface area contributed by atoms with E-state index in [0.717, 1.165) is 46.5 Å². The Bertz CT molecular complexity index is 1250. The molecule has 0 aliphatic heterocycles. The van der Waals surface area contributed by atoms with Gasteiger partial charge in [-0.05, 0) is 43.0 Å². The fraction of sp³-hybridized carbons (Fsp3) is 0.364. The van der Waals surface area contributed by atoms with Gasteiger partial charge in [0.05, 0.1) is 17.5 Å². The molecule has 1 unspecified atom stereocenters. The Morgan fingerprint density at radius 2 is 2.29 bits per heavy atom. The average Bonchev–Trinajstić information content (AvgIpc) is 3.40. The number of amides is 1. The Kier molecular flexibility index (Phi) is 5.29. The van der Waals surface area contributed by atoms with Gasteiger partial charge in [-0.15, -0.1) is 11.3 Å². The van der Waals surface area contributed by atoms with E-state index in [-0.39, 0.29) is 11.8 Å². The van der Waals surface area contributed by atoms with Crippen LogP contribution in [0.5, 0.6) is 0 Å². The molecule has 1 N–H and O–H groups in total. The lowest BCUT2D eigenvalue weighted by atomic mass is 9.87. The smallest absolute Gasteiger partial charge is 0.225 e. The summed E-state index contributed by atoms with van der Waals surface area (Å²) in [6, 6.07) is 6.00. The van der Waals surface area contributed by atoms with Crippen molar-refractivity contribution in [3.05, 3.63) is 47.4 Å². The average molecular weight is 437 g/mol. The monoisotopic (exact) mass is 436 g/mol. The Hall–Kier alpha value is -3.04. The first kappa shape index (κ1) is 19.9. The molecule has 8 nitrogen and oxygen atoms in total. The molecule has 0 radical (unpaired) electrons. The molecule has 1 aliphatic carbocycles. The largest absolute Gasteiger partial charge is 0.383 e. The molecule has 1 amide bonds. The number of hydrogen-bond donors (Lipinski definition) is 1. The number of ether oxygens (including phenoxy) is 1. The predicted octanol–water partition coefficient (Wildman–Crippen LogP) is 3.29. The Morgan fingerprint density at radius 1 is 1.39 bits per heavy atom. The fourth-order valence-electron chi connectivity index (χ4n) is 4.20. The van der Waals surface area contributed by atoms with Crippen LogP contribution >= 0.6 is 11.3 Å². The lowest BCUT2D eigenvalue weighted by molar-refractivity contribution is -0.135. The summed E-state index contributed by atoms with van der Waals surface area (Å²) in [5.74, 6) is 1.02. The van der Waals surface area contributed by atoms with Crippen LogP contribution in [-0.4, -0.2) is 57.7 Å². The van der Waals surface area contributed by atoms with Crippen LogP contribution in [0.1, 0.15) is 16.9 Å². The highest BCUT2D eigenvalue weighted by Crippen LogP contribution is 2.40. The molecular formula is C22H24N6O2S. The molecule has 0 aromatic carbocycles. The number of nitrogens with one attached hydrogen (secondary N) is 1. The van der Waals surface area contributed by atoms with E-state index < -0.39 is 0 Å². The van der Waals surface area contributed by atoms with Crippen molar-refractivity contribution < 1.29 is 9.53 Å². The van der Waals surface area contributed by atoms with Crippen molar-refractivity contribution in [2.45, 2.75) is 19.3 Å². The number of rotatable bonds is 6. The molecule has 9 heteroatoms. The van der Waals surface area contributed by atoms with Gasteiger partial charge >= 0.3 is 0 Å². The van der Waals surface area contributed by atoms with E-state index >= 15 is 0 Å². The molecule has 160 valence electrons. The van der Waals surface area contributed by atoms with Crippen molar-refractivity contribution in [3.63, 3.8) is 0 Å². The molecule has 5 rings (SSSR count). The zero-order chi connectivity index (χ0) is 21.4. The molecule has 1 aliphatic rings. The van der Waals surface area contributed by atoms with E-state index in [9.17, 15) is 4.79 Å². The first-order valence-electron chi connectivity index (χ1n) is 10.3. The van der Waals surface area contributed by atoms with E-state index in [2.05, 4.69) is 20.4 Å². The van der Waals surface area contributed by atoms with Crippen molar-refractivity contribution in [2.75, 3.05) is 32.6 Å². The highest BCUT2D eigenvalue weighted by atomic mass is 32.1. The number of methoxy groups -OCH3 is 1. The molecule has 4 heterocycles. The number of aryl methyl sites for hydroxylation is 1. The van der Waals surface area contributed by atoms with Gasteiger partial charge in [-0.1, -0.05) is 0 Å². The number of aromatic nitrogens is 4. The molecule has 0 bridgehead atoms. The van der Waals surface area contributed by atoms with Crippen molar-refractivity contribution in [2.24, 2.45) is 5.92 Å². The molecule has 0 saturated heterocycles. The first-order valence-corrected chi connectivity index (χ1v) is 11.2. The summed E-state index contributed by atoms with van der Waals surface area (Å²) in [5.41, 5.74) is 3.25. The van der Waals surface area contributed by atoms with E-state index in [1.165, 1.54) is 10.4 Å². The predicted molar refractivity (Wildman–Crippen MR) is 121 cm³/mol. The third-order valence-corrected chi connectivity index (χ3v) is 7.03. The van der Waals surface area contributed by atoms with Crippen LogP contribution in [0, 0.1) is 5.92 Å². The normalized spacial score (nSPS) is 15.9. The van der Waals surface area contributed by atoms with Gasteiger partial charge in [-0.2, -0.15) is 5.10 Å². The highest BCUT2D eigenvalue weighted by molar-refractivity contribution is 7.19. The van der Waals surface area contributed by atoms with Crippen LogP contribution < -0.4 is 5.32 Å². The maximum absolute atomic E-state index is 12.8. The van der Waals surface area contributed by atoms with E-state index in [4.69, 9.17) is 4.74 Å². The Balaban J connectivity index is 1.42. The molecule has 1 atom stereocenters. The van der Waals surface area contributed by atoms with Crippen LogP contribution in [0.2, 0.25) is 0 Å². The summed E-state index contributed by atoms with van der Waals surface area (Å²) in [6.07, 6.45) is 7.76. The number of hydrogen-bond acceptors (Lipinski definition) is 7. The number of thiophene rings is 1. The zero-order valence-corrected chi connectivity index (χ0v) is 18.4. The van der Waals surface area contributed by atoms with Gasteiger partial charge in [-0.3, -0.25) is 4.79 Å². The van der Waals surface area contributed by atoms with Gasteiger partial charge in [0.2, 0.25) is 5.91 Å². The second-order valence-electron chi connectivity index (χ2n) is 7.84. The molecule has 4 aromatic rings. The number of pyridine rings is 1. The van der Waals surface area contributed by atoms with Gasteiger partial charge in [0.25, 0.3) is 0 Å². The minimum atomic E-state index is 0.0102. The van der Waals surface area contributed by atoms with Crippen molar-refractivity contribution in [3.8, 4) is 0 Å². The molecule has 0 fully saturated rings. The topological polar surface area (TPSA) is 84.6 Å². The number of carbonyl (C=O) groups is 1. The quantitative estimate of drug-likeness (QED) is 0.499. The SMILES string of the molecule is COCCN(C)C(=O)C1CCc2c(sc3ncnc(Nc4ccn5nccc5c4)c23)C1. The van der Waals surface area contributed by atoms with Gasteiger partial charge in [0.15, 0.2) is 0 Å². The van der Waals surface area contributed by atoms with Gasteiger partial charge in [0, 0.05) is 49.6 Å². The second kappa shape index (κ2) is 8.24. The van der Waals surface area contributed by atoms with Crippen LogP contribution in [0.15, 0.2) is 36.9 Å². The summed E-state index contributed by atoms with van der Waals surface area (Å²) in [7, 11) is 3.51. The summed E-state index contributed by atoms with van der Waals surface area (Å²) in [5, 5.41) is 8.79. The van der Waals surface area contributed by atoms with Crippen LogP contribution in [0.25, 0.3) is 15.7 Å². The van der Waals surface area contributed by atoms with Crippen LogP contribution in [0.3, 0.4) is 0 Å². The number of anilines is 2. The molecule has 4 aromatic heterocycles. The number of likely N-dealkylation sites (N-methyl/N-ethyl adjacent to an activating group) is 1. The van der Waals surface area contributed by atoms with Crippen molar-refractivity contribution in [1.82, 2.24) is 24.5 Å². The second-order valence-corrected chi connectivity index (χ2v) is 8.92. The Labute approximate surface area is 183 Å². The summed E-state index contributed by atoms with van der Waals surface area (Å²) < 4.78 is 6.94. The third kappa shape index (κ3) is 3.75. The molecule has 0 saturated carbocycles. The highest BCUT2D eigenvalue weighted by Gasteiger charge is 2.30. The van der Waals surface area contributed by atoms with Gasteiger partial charge in [-0.25, -0.2) is 14.5 Å². The maximum Gasteiger partial charge on any atom is 0.225 e. The standard InChI is InChI=1S/C22H24N6O2S/c1-27(9-10-30-2)22(29)14-3-4-17-18(11-14)31-21-19(17)20(23-13-24-21)26-15-6-8-28-16(12-15)5-7-25-28/h5-8,12-14H,3-4,9-11H2,1-2H3,(H,23,24,26). The lowest BCUT2D eigenvalue weighted by Crippen LogP contribution is -2.37. The zero-order valence-electron chi connectivity index (χ0n) is 17.5. The van der Waals surface area contributed by atoms with Crippen LogP contribution in [0.4, 0.5) is 11.5 Å². The summed E-state index contributed by atoms with van der Waals surface area (Å²) in [4.78, 5) is 25.9. The minimum absolute atomic E-state index is 0.0102. The maximum atomic E-state index is 12.8. The number of nitrogens with zero attached hydrogens (tertiary/aromatic N) is 5. The van der Waals surface area contributed by atoms with Gasteiger partial charge in [0.1, 0.15) is 17.0 Å². The lowest BCUT2D eigenvalue weighted by Gasteiger charge is -2.26. The van der Waals surface area contributed by atoms with Crippen molar-refractivity contribution in [1.29, 1.82) is 0 Å². The Morgan fingerprint density at radius 3 is 3.16 bits per heavy atom. The fourth-order valence-corrected chi connectivity index (χ4v) is 5.47. The summed E-state index contributed by atoms with van der Waals surface area (Å²) >= 11 is 1.68. The van der Waals surface area contributed by atoms with E-state index in [0.29, 0.717) is 13.2 Å². The molecule has 0 spiro atoms. The first-order chi connectivity index (χ1) is 15.1. The van der Waals surface area contributed by atoms with E-state index in [1.54, 1.807) is 35.9 Å².